The summed E-state index contributed by atoms with van der Waals surface area (Å²) in [4.78, 5) is 34.4. The van der Waals surface area contributed by atoms with E-state index in [0.29, 0.717) is 23.6 Å². The molecule has 2 atom stereocenters. The van der Waals surface area contributed by atoms with Gasteiger partial charge in [-0.1, -0.05) is 0 Å². The van der Waals surface area contributed by atoms with Crippen molar-refractivity contribution in [1.29, 1.82) is 0 Å². The standard InChI is InChI=1S/C27H28N6O4S/c1-15-11-23(36-4)20(27(35)31-15)13-29-26(34)19-12-22-18(21-5-7-30-32-21)6-9-33(22)25(16(19)2)17(3)37-14-24-28-8-10-38-24/h5-12,17,20H,13-14H2,1-4H3,(H,29,34)(H,30,32). The molecule has 4 aromatic heterocycles. The topological polar surface area (TPSA) is 123 Å². The van der Waals surface area contributed by atoms with Crippen LogP contribution in [0.4, 0.5) is 0 Å². The first-order chi connectivity index (χ1) is 18.4. The second-order valence-corrected chi connectivity index (χ2v) is 9.99. The fourth-order valence-corrected chi connectivity index (χ4v) is 5.26. The molecular formula is C27H28N6O4S. The SMILES string of the molecule is COC1=CC(C)=NC(=O)C1CNC(=O)c1cc2c(-c3ccn[nH]3)ccn2c(C(C)OCc2nccs2)c1C. The van der Waals surface area contributed by atoms with Crippen LogP contribution in [0.25, 0.3) is 16.8 Å². The molecule has 0 aliphatic carbocycles. The minimum absolute atomic E-state index is 0.0680. The number of allylic oxidation sites excluding steroid dienone is 1. The van der Waals surface area contributed by atoms with Gasteiger partial charge in [0.1, 0.15) is 16.7 Å². The molecule has 2 unspecified atom stereocenters. The zero-order chi connectivity index (χ0) is 26.8. The largest absolute Gasteiger partial charge is 0.500 e. The highest BCUT2D eigenvalue weighted by molar-refractivity contribution is 7.09. The lowest BCUT2D eigenvalue weighted by atomic mass is 10.00. The van der Waals surface area contributed by atoms with Gasteiger partial charge in [0.2, 0.25) is 0 Å². The number of thiazole rings is 1. The molecular weight excluding hydrogens is 504 g/mol. The van der Waals surface area contributed by atoms with Gasteiger partial charge in [-0.3, -0.25) is 14.7 Å². The number of hydrogen-bond acceptors (Lipinski definition) is 7. The summed E-state index contributed by atoms with van der Waals surface area (Å²) in [6.45, 7) is 6.03. The molecule has 0 radical (unpaired) electrons. The van der Waals surface area contributed by atoms with E-state index in [1.807, 2.05) is 48.0 Å². The molecule has 0 saturated carbocycles. The van der Waals surface area contributed by atoms with Crippen molar-refractivity contribution in [2.45, 2.75) is 33.5 Å². The predicted octanol–water partition coefficient (Wildman–Crippen LogP) is 4.25. The van der Waals surface area contributed by atoms with Gasteiger partial charge in [-0.25, -0.2) is 9.98 Å². The quantitative estimate of drug-likeness (QED) is 0.332. The molecule has 0 bridgehead atoms. The molecule has 10 nitrogen and oxygen atoms in total. The first-order valence-electron chi connectivity index (χ1n) is 12.1. The summed E-state index contributed by atoms with van der Waals surface area (Å²) < 4.78 is 13.6. The van der Waals surface area contributed by atoms with Crippen LogP contribution in [0.5, 0.6) is 0 Å². The van der Waals surface area contributed by atoms with Crippen LogP contribution in [0.2, 0.25) is 0 Å². The zero-order valence-corrected chi connectivity index (χ0v) is 22.3. The number of pyridine rings is 1. The molecule has 0 spiro atoms. The molecule has 0 fully saturated rings. The van der Waals surface area contributed by atoms with Gasteiger partial charge < -0.3 is 19.2 Å². The molecule has 11 heteroatoms. The summed E-state index contributed by atoms with van der Waals surface area (Å²) in [5.74, 6) is -0.837. The Morgan fingerprint density at radius 3 is 2.84 bits per heavy atom. The van der Waals surface area contributed by atoms with Crippen LogP contribution in [-0.4, -0.2) is 50.8 Å². The summed E-state index contributed by atoms with van der Waals surface area (Å²) in [5, 5.41) is 12.8. The number of dihydropyridines is 1. The van der Waals surface area contributed by atoms with E-state index in [1.165, 1.54) is 18.4 Å². The first-order valence-corrected chi connectivity index (χ1v) is 13.0. The molecule has 4 aromatic rings. The van der Waals surface area contributed by atoms with Gasteiger partial charge in [-0.15, -0.1) is 11.3 Å². The van der Waals surface area contributed by atoms with E-state index in [2.05, 4.69) is 25.5 Å². The summed E-state index contributed by atoms with van der Waals surface area (Å²) >= 11 is 1.53. The second-order valence-electron chi connectivity index (χ2n) is 9.01. The number of aromatic amines is 1. The van der Waals surface area contributed by atoms with Crippen molar-refractivity contribution in [2.75, 3.05) is 13.7 Å². The predicted molar refractivity (Wildman–Crippen MR) is 144 cm³/mol. The van der Waals surface area contributed by atoms with Gasteiger partial charge in [0, 0.05) is 47.4 Å². The van der Waals surface area contributed by atoms with Gasteiger partial charge in [0.15, 0.2) is 0 Å². The number of ether oxygens (including phenoxy) is 2. The summed E-state index contributed by atoms with van der Waals surface area (Å²) in [7, 11) is 1.51. The number of aromatic nitrogens is 4. The summed E-state index contributed by atoms with van der Waals surface area (Å²) in [5.41, 5.74) is 5.26. The average molecular weight is 533 g/mol. The second kappa shape index (κ2) is 10.7. The number of methoxy groups -OCH3 is 1. The molecule has 2 amide bonds. The number of H-pyrrole nitrogens is 1. The van der Waals surface area contributed by atoms with Crippen LogP contribution in [-0.2, 0) is 20.9 Å². The number of hydrogen-bond donors (Lipinski definition) is 2. The molecule has 38 heavy (non-hydrogen) atoms. The maximum atomic E-state index is 13.6. The third-order valence-electron chi connectivity index (χ3n) is 6.60. The van der Waals surface area contributed by atoms with Gasteiger partial charge >= 0.3 is 0 Å². The minimum Gasteiger partial charge on any atom is -0.500 e. The Bertz CT molecular complexity index is 1540. The van der Waals surface area contributed by atoms with Crippen molar-refractivity contribution in [3.05, 3.63) is 75.8 Å². The molecule has 2 N–H and O–H groups in total. The molecule has 1 aliphatic heterocycles. The lowest BCUT2D eigenvalue weighted by Crippen LogP contribution is -2.36. The summed E-state index contributed by atoms with van der Waals surface area (Å²) in [6, 6.07) is 5.72. The van der Waals surface area contributed by atoms with Gasteiger partial charge in [-0.05, 0) is 50.6 Å². The lowest BCUT2D eigenvalue weighted by Gasteiger charge is -2.22. The molecule has 5 rings (SSSR count). The Morgan fingerprint density at radius 2 is 2.13 bits per heavy atom. The highest BCUT2D eigenvalue weighted by Crippen LogP contribution is 2.32. The van der Waals surface area contributed by atoms with E-state index in [4.69, 9.17) is 9.47 Å². The van der Waals surface area contributed by atoms with E-state index >= 15 is 0 Å². The van der Waals surface area contributed by atoms with Crippen molar-refractivity contribution in [1.82, 2.24) is 24.9 Å². The van der Waals surface area contributed by atoms with E-state index in [-0.39, 0.29) is 24.5 Å². The zero-order valence-electron chi connectivity index (χ0n) is 21.5. The lowest BCUT2D eigenvalue weighted by molar-refractivity contribution is -0.121. The molecule has 196 valence electrons. The van der Waals surface area contributed by atoms with Crippen molar-refractivity contribution in [3.63, 3.8) is 0 Å². The number of rotatable bonds is 9. The third-order valence-corrected chi connectivity index (χ3v) is 7.35. The first kappa shape index (κ1) is 25.6. The van der Waals surface area contributed by atoms with Crippen LogP contribution < -0.4 is 5.32 Å². The highest BCUT2D eigenvalue weighted by atomic mass is 32.1. The number of carbonyl (C=O) groups excluding carboxylic acids is 2. The highest BCUT2D eigenvalue weighted by Gasteiger charge is 2.29. The van der Waals surface area contributed by atoms with E-state index in [1.54, 1.807) is 25.4 Å². The van der Waals surface area contributed by atoms with E-state index < -0.39 is 5.92 Å². The minimum atomic E-state index is -0.675. The number of aliphatic imine (C=N–C) groups is 1. The smallest absolute Gasteiger partial charge is 0.258 e. The van der Waals surface area contributed by atoms with Crippen LogP contribution in [0, 0.1) is 12.8 Å². The van der Waals surface area contributed by atoms with Crippen molar-refractivity contribution < 1.29 is 19.1 Å². The number of amides is 2. The van der Waals surface area contributed by atoms with E-state index in [9.17, 15) is 9.59 Å². The van der Waals surface area contributed by atoms with Gasteiger partial charge in [-0.2, -0.15) is 5.10 Å². The van der Waals surface area contributed by atoms with E-state index in [0.717, 1.165) is 33.0 Å². The van der Waals surface area contributed by atoms with Crippen molar-refractivity contribution in [2.24, 2.45) is 10.9 Å². The maximum absolute atomic E-state index is 13.6. The molecule has 0 saturated heterocycles. The number of nitrogens with zero attached hydrogens (tertiary/aromatic N) is 4. The Labute approximate surface area is 223 Å². The Kier molecular flexibility index (Phi) is 7.21. The maximum Gasteiger partial charge on any atom is 0.258 e. The number of fused-ring (bicyclic) bond motifs is 1. The Hall–Kier alpha value is -4.09. The van der Waals surface area contributed by atoms with Crippen molar-refractivity contribution in [3.8, 4) is 11.3 Å². The fourth-order valence-electron chi connectivity index (χ4n) is 4.73. The summed E-state index contributed by atoms with van der Waals surface area (Å²) in [6.07, 6.45) is 6.78. The number of carbonyl (C=O) groups is 2. The van der Waals surface area contributed by atoms with Gasteiger partial charge in [0.05, 0.1) is 36.7 Å². The third kappa shape index (κ3) is 4.90. The van der Waals surface area contributed by atoms with Crippen LogP contribution in [0.3, 0.4) is 0 Å². The average Bonchev–Trinajstić information content (AvgIpc) is 3.67. The van der Waals surface area contributed by atoms with Crippen LogP contribution in [0.1, 0.15) is 46.6 Å². The van der Waals surface area contributed by atoms with Gasteiger partial charge in [0.25, 0.3) is 11.8 Å². The Balaban J connectivity index is 1.49. The molecule has 5 heterocycles. The monoisotopic (exact) mass is 532 g/mol. The molecule has 1 aliphatic rings. The molecule has 0 aromatic carbocycles. The van der Waals surface area contributed by atoms with Crippen LogP contribution in [0.15, 0.2) is 59.0 Å². The Morgan fingerprint density at radius 1 is 1.29 bits per heavy atom. The van der Waals surface area contributed by atoms with Crippen molar-refractivity contribution >= 4 is 34.4 Å². The fraction of sp³-hybridized carbons (Fsp3) is 0.296. The van der Waals surface area contributed by atoms with Crippen LogP contribution >= 0.6 is 11.3 Å². The number of nitrogens with one attached hydrogen (secondary N) is 2. The normalized spacial score (nSPS) is 16.3.